The Balaban J connectivity index is 4.34. The summed E-state index contributed by atoms with van der Waals surface area (Å²) >= 11 is 0. The molecule has 6 nitrogen and oxygen atoms in total. The molecule has 0 saturated carbocycles. The number of hydrogen-bond donors (Lipinski definition) is 1. The summed E-state index contributed by atoms with van der Waals surface area (Å²) < 4.78 is 31.3. The fourth-order valence-electron chi connectivity index (χ4n) is 1.81. The van der Waals surface area contributed by atoms with Crippen LogP contribution in [0.5, 0.6) is 0 Å². The molecule has 1 unspecified atom stereocenters. The van der Waals surface area contributed by atoms with Gasteiger partial charge in [0.05, 0.1) is 19.5 Å². The number of carbonyl (C=O) groups excluding carboxylic acids is 1. The third-order valence-electron chi connectivity index (χ3n) is 2.23. The summed E-state index contributed by atoms with van der Waals surface area (Å²) in [6.45, 7) is 9.20. The molecular weight excluding hydrogens is 270 g/mol. The van der Waals surface area contributed by atoms with E-state index < -0.39 is 27.9 Å². The van der Waals surface area contributed by atoms with Crippen molar-refractivity contribution in [1.29, 1.82) is 0 Å². The fourth-order valence-corrected chi connectivity index (χ4v) is 2.47. The van der Waals surface area contributed by atoms with Gasteiger partial charge in [0.25, 0.3) is 10.1 Å². The summed E-state index contributed by atoms with van der Waals surface area (Å²) in [5.74, 6) is 0. The molecule has 1 atom stereocenters. The highest BCUT2D eigenvalue weighted by atomic mass is 32.2. The van der Waals surface area contributed by atoms with Gasteiger partial charge in [-0.05, 0) is 33.6 Å². The lowest BCUT2D eigenvalue weighted by molar-refractivity contribution is 0.159. The highest BCUT2D eigenvalue weighted by Gasteiger charge is 2.23. The van der Waals surface area contributed by atoms with Crippen molar-refractivity contribution >= 4 is 16.2 Å². The predicted molar refractivity (Wildman–Crippen MR) is 73.4 cm³/mol. The zero-order valence-corrected chi connectivity index (χ0v) is 13.0. The lowest BCUT2D eigenvalue weighted by Crippen LogP contribution is -2.43. The molecular formula is C12H23NO5S. The van der Waals surface area contributed by atoms with E-state index in [1.807, 2.05) is 13.8 Å². The smallest absolute Gasteiger partial charge is 0.407 e. The Morgan fingerprint density at radius 3 is 2.37 bits per heavy atom. The van der Waals surface area contributed by atoms with E-state index in [4.69, 9.17) is 4.18 Å². The van der Waals surface area contributed by atoms with E-state index in [-0.39, 0.29) is 0 Å². The molecule has 0 aromatic heterocycles. The number of amides is 1. The maximum Gasteiger partial charge on any atom is 0.407 e. The molecule has 0 rings (SSSR count). The first-order valence-electron chi connectivity index (χ1n) is 5.86. The van der Waals surface area contributed by atoms with E-state index in [9.17, 15) is 13.2 Å². The van der Waals surface area contributed by atoms with Crippen molar-refractivity contribution in [3.63, 3.8) is 0 Å². The minimum absolute atomic E-state index is 0.402. The maximum atomic E-state index is 11.2. The number of hydrogen-bond acceptors (Lipinski definition) is 5. The van der Waals surface area contributed by atoms with E-state index in [0.29, 0.717) is 12.8 Å². The van der Waals surface area contributed by atoms with Gasteiger partial charge in [0, 0.05) is 5.54 Å². The van der Waals surface area contributed by atoms with Gasteiger partial charge < -0.3 is 10.1 Å². The highest BCUT2D eigenvalue weighted by Crippen LogP contribution is 2.20. The summed E-state index contributed by atoms with van der Waals surface area (Å²) in [6, 6.07) is 0. The second-order valence-electron chi connectivity index (χ2n) is 5.24. The number of alkyl carbamates (subject to hydrolysis) is 1. The van der Waals surface area contributed by atoms with Gasteiger partial charge in [-0.3, -0.25) is 4.18 Å². The maximum absolute atomic E-state index is 11.2. The van der Waals surface area contributed by atoms with E-state index >= 15 is 0 Å². The number of methoxy groups -OCH3 is 1. The summed E-state index contributed by atoms with van der Waals surface area (Å²) in [6.07, 6.45) is 0.920. The molecule has 0 aliphatic rings. The number of nitrogens with one attached hydrogen (secondary N) is 1. The standard InChI is InChI=1S/C12H23NO5S/c1-9(7-10(2)18-19(6,15)16)8-12(3,4)13-11(14)17-5/h10H,1,7-8H2,2-6H3,(H,13,14). The number of rotatable bonds is 7. The number of ether oxygens (including phenoxy) is 1. The van der Waals surface area contributed by atoms with Gasteiger partial charge in [0.2, 0.25) is 0 Å². The van der Waals surface area contributed by atoms with E-state index in [0.717, 1.165) is 11.8 Å². The molecule has 19 heavy (non-hydrogen) atoms. The molecule has 0 bridgehead atoms. The number of carbonyl (C=O) groups is 1. The largest absolute Gasteiger partial charge is 0.453 e. The first-order valence-corrected chi connectivity index (χ1v) is 7.68. The predicted octanol–water partition coefficient (Wildman–Crippen LogP) is 1.82. The molecule has 0 aromatic rings. The molecule has 1 N–H and O–H groups in total. The van der Waals surface area contributed by atoms with Gasteiger partial charge in [-0.2, -0.15) is 8.42 Å². The first-order chi connectivity index (χ1) is 8.45. The minimum Gasteiger partial charge on any atom is -0.453 e. The zero-order chi connectivity index (χ0) is 15.3. The Labute approximate surface area is 115 Å². The quantitative estimate of drug-likeness (QED) is 0.572. The zero-order valence-electron chi connectivity index (χ0n) is 12.1. The first kappa shape index (κ1) is 17.9. The van der Waals surface area contributed by atoms with Crippen LogP contribution in [0.4, 0.5) is 4.79 Å². The van der Waals surface area contributed by atoms with Gasteiger partial charge in [-0.1, -0.05) is 12.2 Å². The summed E-state index contributed by atoms with van der Waals surface area (Å²) in [5, 5.41) is 2.68. The Bertz CT molecular complexity index is 427. The van der Waals surface area contributed by atoms with Crippen LogP contribution in [0.25, 0.3) is 0 Å². The Hall–Kier alpha value is -1.08. The van der Waals surface area contributed by atoms with Gasteiger partial charge >= 0.3 is 6.09 Å². The van der Waals surface area contributed by atoms with Crippen LogP contribution in [0.2, 0.25) is 0 Å². The van der Waals surface area contributed by atoms with Gasteiger partial charge in [-0.25, -0.2) is 4.79 Å². The lowest BCUT2D eigenvalue weighted by Gasteiger charge is -2.27. The molecule has 0 aliphatic carbocycles. The topological polar surface area (TPSA) is 81.7 Å². The normalized spacial score (nSPS) is 13.7. The SMILES string of the molecule is C=C(CC(C)OS(C)(=O)=O)CC(C)(C)NC(=O)OC. The molecule has 0 saturated heterocycles. The minimum atomic E-state index is -3.47. The van der Waals surface area contributed by atoms with E-state index in [2.05, 4.69) is 16.6 Å². The molecule has 0 radical (unpaired) electrons. The van der Waals surface area contributed by atoms with Crippen LogP contribution in [-0.2, 0) is 19.0 Å². The van der Waals surface area contributed by atoms with Gasteiger partial charge in [0.15, 0.2) is 0 Å². The third kappa shape index (κ3) is 9.49. The average molecular weight is 293 g/mol. The molecule has 112 valence electrons. The summed E-state index contributed by atoms with van der Waals surface area (Å²) in [7, 11) is -2.17. The summed E-state index contributed by atoms with van der Waals surface area (Å²) in [5.41, 5.74) is 0.271. The lowest BCUT2D eigenvalue weighted by atomic mass is 9.93. The van der Waals surface area contributed by atoms with Crippen LogP contribution in [0.15, 0.2) is 12.2 Å². The molecule has 0 aliphatic heterocycles. The highest BCUT2D eigenvalue weighted by molar-refractivity contribution is 7.86. The van der Waals surface area contributed by atoms with Crippen molar-refractivity contribution in [3.05, 3.63) is 12.2 Å². The van der Waals surface area contributed by atoms with E-state index in [1.165, 1.54) is 7.11 Å². The molecule has 0 aromatic carbocycles. The van der Waals surface area contributed by atoms with Crippen molar-refractivity contribution in [2.45, 2.75) is 45.3 Å². The van der Waals surface area contributed by atoms with E-state index in [1.54, 1.807) is 6.92 Å². The van der Waals surface area contributed by atoms with Crippen LogP contribution in [0, 0.1) is 0 Å². The van der Waals surface area contributed by atoms with Crippen LogP contribution in [0.3, 0.4) is 0 Å². The third-order valence-corrected chi connectivity index (χ3v) is 2.91. The monoisotopic (exact) mass is 293 g/mol. The van der Waals surface area contributed by atoms with Crippen molar-refractivity contribution in [2.24, 2.45) is 0 Å². The molecule has 0 spiro atoms. The van der Waals surface area contributed by atoms with Crippen molar-refractivity contribution < 1.29 is 22.1 Å². The second kappa shape index (κ2) is 6.91. The van der Waals surface area contributed by atoms with Gasteiger partial charge in [-0.15, -0.1) is 0 Å². The molecule has 7 heteroatoms. The fraction of sp³-hybridized carbons (Fsp3) is 0.750. The Morgan fingerprint density at radius 1 is 1.42 bits per heavy atom. The molecule has 1 amide bonds. The van der Waals surface area contributed by atoms with Crippen LogP contribution < -0.4 is 5.32 Å². The Morgan fingerprint density at radius 2 is 1.95 bits per heavy atom. The van der Waals surface area contributed by atoms with Crippen LogP contribution >= 0.6 is 0 Å². The molecule has 0 heterocycles. The van der Waals surface area contributed by atoms with Crippen molar-refractivity contribution in [1.82, 2.24) is 5.32 Å². The van der Waals surface area contributed by atoms with Crippen molar-refractivity contribution in [2.75, 3.05) is 13.4 Å². The Kier molecular flexibility index (Phi) is 6.51. The van der Waals surface area contributed by atoms with Crippen molar-refractivity contribution in [3.8, 4) is 0 Å². The molecule has 0 fully saturated rings. The van der Waals surface area contributed by atoms with Crippen LogP contribution in [-0.4, -0.2) is 39.5 Å². The average Bonchev–Trinajstić information content (AvgIpc) is 2.11. The van der Waals surface area contributed by atoms with Crippen LogP contribution in [0.1, 0.15) is 33.6 Å². The summed E-state index contributed by atoms with van der Waals surface area (Å²) in [4.78, 5) is 11.2. The second-order valence-corrected chi connectivity index (χ2v) is 6.84. The van der Waals surface area contributed by atoms with Gasteiger partial charge in [0.1, 0.15) is 0 Å².